The number of ether oxygens (including phenoxy) is 1. The number of para-hydroxylation sites is 1. The molecule has 0 fully saturated rings. The molecule has 1 aliphatic heterocycles. The summed E-state index contributed by atoms with van der Waals surface area (Å²) in [6.07, 6.45) is 9.53. The monoisotopic (exact) mass is 665 g/mol. The third-order valence-electron chi connectivity index (χ3n) is 10.7. The Balaban J connectivity index is 1.23. The van der Waals surface area contributed by atoms with Crippen LogP contribution in [0.3, 0.4) is 0 Å². The molecule has 6 aromatic carbocycles. The number of allylic oxidation sites excluding steroid dienone is 4. The van der Waals surface area contributed by atoms with Gasteiger partial charge in [-0.15, -0.1) is 0 Å². The highest BCUT2D eigenvalue weighted by Crippen LogP contribution is 2.62. The van der Waals surface area contributed by atoms with E-state index in [-0.39, 0.29) is 5.92 Å². The number of rotatable bonds is 4. The zero-order valence-electron chi connectivity index (χ0n) is 28.2. The van der Waals surface area contributed by atoms with Crippen molar-refractivity contribution in [2.75, 3.05) is 0 Å². The van der Waals surface area contributed by atoms with Gasteiger partial charge in [0.05, 0.1) is 28.4 Å². The van der Waals surface area contributed by atoms with E-state index >= 15 is 0 Å². The van der Waals surface area contributed by atoms with Crippen molar-refractivity contribution in [2.24, 2.45) is 0 Å². The zero-order chi connectivity index (χ0) is 34.6. The maximum absolute atomic E-state index is 9.46. The summed E-state index contributed by atoms with van der Waals surface area (Å²) in [6, 6.07) is 53.0. The Kier molecular flexibility index (Phi) is 6.87. The topological polar surface area (TPSA) is 58.8 Å². The highest BCUT2D eigenvalue weighted by atomic mass is 16.5. The second-order valence-corrected chi connectivity index (χ2v) is 13.6. The molecule has 2 aliphatic carbocycles. The summed E-state index contributed by atoms with van der Waals surface area (Å²) in [6.45, 7) is 0. The molecule has 4 nitrogen and oxygen atoms in total. The lowest BCUT2D eigenvalue weighted by molar-refractivity contribution is 0.436. The third-order valence-corrected chi connectivity index (χ3v) is 10.7. The average Bonchev–Trinajstić information content (AvgIpc) is 3.51. The van der Waals surface area contributed by atoms with E-state index < -0.39 is 5.41 Å². The number of fused-ring (bicyclic) bond motifs is 9. The molecule has 244 valence electrons. The van der Waals surface area contributed by atoms with E-state index in [0.717, 1.165) is 62.7 Å². The lowest BCUT2D eigenvalue weighted by atomic mass is 9.65. The van der Waals surface area contributed by atoms with Crippen LogP contribution in [0.15, 0.2) is 170 Å². The van der Waals surface area contributed by atoms with Gasteiger partial charge in [0.1, 0.15) is 11.5 Å². The lowest BCUT2D eigenvalue weighted by Crippen LogP contribution is -2.32. The first-order valence-corrected chi connectivity index (χ1v) is 17.7. The van der Waals surface area contributed by atoms with Crippen LogP contribution in [0.2, 0.25) is 0 Å². The molecule has 0 N–H and O–H groups in total. The number of aromatic nitrogens is 2. The van der Waals surface area contributed by atoms with Gasteiger partial charge in [-0.3, -0.25) is 0 Å². The molecule has 4 heteroatoms. The van der Waals surface area contributed by atoms with E-state index in [1.165, 1.54) is 22.3 Å². The third kappa shape index (κ3) is 4.60. The van der Waals surface area contributed by atoms with Crippen LogP contribution in [0.5, 0.6) is 11.5 Å². The number of hydrogen-bond acceptors (Lipinski definition) is 4. The predicted octanol–water partition coefficient (Wildman–Crippen LogP) is 11.4. The van der Waals surface area contributed by atoms with Crippen molar-refractivity contribution in [3.8, 4) is 62.5 Å². The summed E-state index contributed by atoms with van der Waals surface area (Å²) < 4.78 is 6.75. The van der Waals surface area contributed by atoms with Gasteiger partial charge >= 0.3 is 0 Å². The molecular formula is C48H31N3O. The Hall–Kier alpha value is -6.83. The Bertz CT molecular complexity index is 2650. The minimum atomic E-state index is -0.661. The predicted molar refractivity (Wildman–Crippen MR) is 206 cm³/mol. The van der Waals surface area contributed by atoms with E-state index in [1.54, 1.807) is 0 Å². The van der Waals surface area contributed by atoms with Crippen LogP contribution < -0.4 is 4.74 Å². The largest absolute Gasteiger partial charge is 0.457 e. The van der Waals surface area contributed by atoms with Gasteiger partial charge < -0.3 is 4.74 Å². The minimum Gasteiger partial charge on any atom is -0.457 e. The molecule has 0 saturated heterocycles. The Morgan fingerprint density at radius 2 is 1.29 bits per heavy atom. The number of nitriles is 1. The average molecular weight is 666 g/mol. The first kappa shape index (κ1) is 30.0. The van der Waals surface area contributed by atoms with Crippen LogP contribution in [0.1, 0.15) is 45.8 Å². The summed E-state index contributed by atoms with van der Waals surface area (Å²) in [5, 5.41) is 9.46. The fourth-order valence-corrected chi connectivity index (χ4v) is 8.30. The van der Waals surface area contributed by atoms with Gasteiger partial charge in [0.25, 0.3) is 0 Å². The maximum atomic E-state index is 9.46. The normalized spacial score (nSPS) is 17.4. The van der Waals surface area contributed by atoms with Crippen LogP contribution in [0.25, 0.3) is 44.9 Å². The highest BCUT2D eigenvalue weighted by molar-refractivity contribution is 5.90. The van der Waals surface area contributed by atoms with Crippen molar-refractivity contribution in [1.29, 1.82) is 5.26 Å². The molecule has 1 aromatic heterocycles. The standard InChI is InChI=1S/C48H31N3O/c49-30-31-19-21-32(22-20-31)35-23-25-38-37-15-7-8-16-39(37)48(41(38)27-35)40-17-9-10-18-45(40)52-46-26-24-36(28-42(46)48)47-50-43(33-11-3-1-4-12-33)29-44(51-47)34-13-5-2-6-14-34/h1-13,15-29,34H,14H2. The quantitative estimate of drug-likeness (QED) is 0.188. The fourth-order valence-electron chi connectivity index (χ4n) is 8.30. The van der Waals surface area contributed by atoms with Crippen molar-refractivity contribution in [1.82, 2.24) is 9.97 Å². The Labute approximate surface area is 302 Å². The lowest BCUT2D eigenvalue weighted by Gasteiger charge is -2.39. The summed E-state index contributed by atoms with van der Waals surface area (Å²) in [5.74, 6) is 2.51. The SMILES string of the molecule is N#Cc1ccc(-c2ccc3c(c2)C2(c4ccccc4Oc4ccc(-c5nc(-c6ccccc6)cc(C6C=CC=CC6)n5)cc42)c2ccccc2-3)cc1. The maximum Gasteiger partial charge on any atom is 0.160 e. The summed E-state index contributed by atoms with van der Waals surface area (Å²) in [7, 11) is 0. The number of nitrogens with zero attached hydrogens (tertiary/aromatic N) is 3. The van der Waals surface area contributed by atoms with E-state index in [2.05, 4.69) is 140 Å². The van der Waals surface area contributed by atoms with Gasteiger partial charge in [-0.25, -0.2) is 9.97 Å². The molecule has 7 aromatic rings. The molecule has 1 spiro atoms. The van der Waals surface area contributed by atoms with Gasteiger partial charge in [-0.2, -0.15) is 5.26 Å². The minimum absolute atomic E-state index is 0.169. The summed E-state index contributed by atoms with van der Waals surface area (Å²) in [5.41, 5.74) is 13.0. The van der Waals surface area contributed by atoms with Gasteiger partial charge in [0, 0.05) is 28.2 Å². The molecule has 2 atom stereocenters. The summed E-state index contributed by atoms with van der Waals surface area (Å²) in [4.78, 5) is 10.5. The van der Waals surface area contributed by atoms with Crippen LogP contribution in [0.4, 0.5) is 0 Å². The van der Waals surface area contributed by atoms with Crippen molar-refractivity contribution in [2.45, 2.75) is 17.8 Å². The van der Waals surface area contributed by atoms with Gasteiger partial charge in [0.2, 0.25) is 0 Å². The van der Waals surface area contributed by atoms with Crippen molar-refractivity contribution < 1.29 is 4.74 Å². The Morgan fingerprint density at radius 1 is 0.577 bits per heavy atom. The van der Waals surface area contributed by atoms with Crippen LogP contribution in [-0.4, -0.2) is 9.97 Å². The Morgan fingerprint density at radius 3 is 2.12 bits per heavy atom. The van der Waals surface area contributed by atoms with E-state index in [1.807, 2.05) is 36.4 Å². The van der Waals surface area contributed by atoms with Crippen molar-refractivity contribution in [3.63, 3.8) is 0 Å². The van der Waals surface area contributed by atoms with E-state index in [4.69, 9.17) is 14.7 Å². The smallest absolute Gasteiger partial charge is 0.160 e. The van der Waals surface area contributed by atoms with Crippen LogP contribution in [0, 0.1) is 11.3 Å². The molecule has 2 heterocycles. The summed E-state index contributed by atoms with van der Waals surface area (Å²) >= 11 is 0. The molecule has 0 bridgehead atoms. The fraction of sp³-hybridized carbons (Fsp3) is 0.0625. The van der Waals surface area contributed by atoms with Gasteiger partial charge in [-0.05, 0) is 88.3 Å². The van der Waals surface area contributed by atoms with Crippen molar-refractivity contribution >= 4 is 0 Å². The molecule has 0 amide bonds. The number of hydrogen-bond donors (Lipinski definition) is 0. The molecule has 52 heavy (non-hydrogen) atoms. The molecule has 2 unspecified atom stereocenters. The second-order valence-electron chi connectivity index (χ2n) is 13.6. The molecule has 0 radical (unpaired) electrons. The van der Waals surface area contributed by atoms with Gasteiger partial charge in [0.15, 0.2) is 5.82 Å². The van der Waals surface area contributed by atoms with Crippen LogP contribution >= 0.6 is 0 Å². The van der Waals surface area contributed by atoms with E-state index in [0.29, 0.717) is 11.4 Å². The first-order chi connectivity index (χ1) is 25.7. The van der Waals surface area contributed by atoms with Crippen LogP contribution in [-0.2, 0) is 5.41 Å². The second kappa shape index (κ2) is 11.9. The molecule has 3 aliphatic rings. The molecule has 10 rings (SSSR count). The zero-order valence-corrected chi connectivity index (χ0v) is 28.2. The first-order valence-electron chi connectivity index (χ1n) is 17.7. The van der Waals surface area contributed by atoms with E-state index in [9.17, 15) is 5.26 Å². The van der Waals surface area contributed by atoms with Crippen molar-refractivity contribution in [3.05, 3.63) is 203 Å². The highest BCUT2D eigenvalue weighted by Gasteiger charge is 2.51. The number of benzene rings is 6. The molecule has 0 saturated carbocycles. The van der Waals surface area contributed by atoms with Gasteiger partial charge in [-0.1, -0.05) is 121 Å². The molecular weight excluding hydrogens is 635 g/mol.